The molecule has 0 atom stereocenters. The summed E-state index contributed by atoms with van der Waals surface area (Å²) in [4.78, 5) is 17.3. The zero-order valence-electron chi connectivity index (χ0n) is 11.3. The Morgan fingerprint density at radius 2 is 2.10 bits per heavy atom. The Morgan fingerprint density at radius 3 is 2.67 bits per heavy atom. The van der Waals surface area contributed by atoms with E-state index < -0.39 is 21.7 Å². The minimum Gasteiger partial charge on any atom is -0.332 e. The van der Waals surface area contributed by atoms with Crippen molar-refractivity contribution >= 4 is 27.3 Å². The fourth-order valence-electron chi connectivity index (χ4n) is 1.62. The SMILES string of the molecule is CC(=O)Nc1cc(NS(=O)(=O)c2cnc(C)[nH]2)ccc1F. The number of carbonyl (C=O) groups excluding carboxylic acids is 1. The molecule has 1 aromatic carbocycles. The zero-order chi connectivity index (χ0) is 15.6. The number of aromatic amines is 1. The number of rotatable bonds is 4. The Balaban J connectivity index is 2.29. The van der Waals surface area contributed by atoms with E-state index in [0.29, 0.717) is 5.82 Å². The number of imidazole rings is 1. The number of carbonyl (C=O) groups is 1. The molecule has 1 heterocycles. The second-order valence-electron chi connectivity index (χ2n) is 4.31. The first-order chi connectivity index (χ1) is 9.78. The highest BCUT2D eigenvalue weighted by atomic mass is 32.2. The van der Waals surface area contributed by atoms with Crippen LogP contribution in [-0.4, -0.2) is 24.3 Å². The average molecular weight is 312 g/mol. The average Bonchev–Trinajstić information content (AvgIpc) is 2.80. The van der Waals surface area contributed by atoms with Crippen molar-refractivity contribution in [2.24, 2.45) is 0 Å². The van der Waals surface area contributed by atoms with Crippen LogP contribution in [0.3, 0.4) is 0 Å². The Hall–Kier alpha value is -2.42. The molecule has 0 aliphatic rings. The van der Waals surface area contributed by atoms with E-state index in [2.05, 4.69) is 20.0 Å². The number of aromatic nitrogens is 2. The summed E-state index contributed by atoms with van der Waals surface area (Å²) in [5, 5.41) is 2.17. The summed E-state index contributed by atoms with van der Waals surface area (Å²) >= 11 is 0. The number of amides is 1. The summed E-state index contributed by atoms with van der Waals surface area (Å²) in [6.07, 6.45) is 1.18. The Bertz CT molecular complexity index is 786. The third kappa shape index (κ3) is 3.57. The number of nitrogens with one attached hydrogen (secondary N) is 3. The molecule has 0 spiro atoms. The molecule has 0 bridgehead atoms. The molecule has 0 radical (unpaired) electrons. The highest BCUT2D eigenvalue weighted by molar-refractivity contribution is 7.92. The number of aryl methyl sites for hydroxylation is 1. The summed E-state index contributed by atoms with van der Waals surface area (Å²) in [7, 11) is -3.85. The van der Waals surface area contributed by atoms with Crippen LogP contribution in [0.25, 0.3) is 0 Å². The number of H-pyrrole nitrogens is 1. The topological polar surface area (TPSA) is 104 Å². The number of hydrogen-bond donors (Lipinski definition) is 3. The van der Waals surface area contributed by atoms with Gasteiger partial charge in [-0.2, -0.15) is 8.42 Å². The molecule has 2 aromatic rings. The van der Waals surface area contributed by atoms with Crippen LogP contribution in [0.5, 0.6) is 0 Å². The second kappa shape index (κ2) is 5.52. The Labute approximate surface area is 120 Å². The van der Waals surface area contributed by atoms with Gasteiger partial charge in [0.1, 0.15) is 11.6 Å². The molecular formula is C12H13FN4O3S. The van der Waals surface area contributed by atoms with E-state index in [1.54, 1.807) is 6.92 Å². The lowest BCUT2D eigenvalue weighted by Gasteiger charge is -2.09. The molecule has 9 heteroatoms. The maximum absolute atomic E-state index is 13.5. The molecule has 0 saturated carbocycles. The largest absolute Gasteiger partial charge is 0.332 e. The molecule has 0 aliphatic carbocycles. The molecule has 3 N–H and O–H groups in total. The minimum absolute atomic E-state index is 0.106. The van der Waals surface area contributed by atoms with Crippen LogP contribution in [0.15, 0.2) is 29.4 Å². The van der Waals surface area contributed by atoms with Gasteiger partial charge < -0.3 is 10.3 Å². The predicted octanol–water partition coefficient (Wildman–Crippen LogP) is 1.62. The first-order valence-electron chi connectivity index (χ1n) is 5.89. The van der Waals surface area contributed by atoms with Crippen LogP contribution in [0.4, 0.5) is 15.8 Å². The first kappa shape index (κ1) is 15.0. The van der Waals surface area contributed by atoms with E-state index in [-0.39, 0.29) is 16.4 Å². The van der Waals surface area contributed by atoms with Gasteiger partial charge in [-0.25, -0.2) is 9.37 Å². The molecule has 0 aliphatic heterocycles. The zero-order valence-corrected chi connectivity index (χ0v) is 12.1. The van der Waals surface area contributed by atoms with Gasteiger partial charge in [-0.05, 0) is 25.1 Å². The third-order valence-corrected chi connectivity index (χ3v) is 3.79. The van der Waals surface area contributed by atoms with Crippen molar-refractivity contribution in [2.45, 2.75) is 18.9 Å². The third-order valence-electron chi connectivity index (χ3n) is 2.50. The summed E-state index contributed by atoms with van der Waals surface area (Å²) in [6, 6.07) is 3.50. The highest BCUT2D eigenvalue weighted by Crippen LogP contribution is 2.22. The summed E-state index contributed by atoms with van der Waals surface area (Å²) in [5.74, 6) is -0.669. The van der Waals surface area contributed by atoms with E-state index in [1.807, 2.05) is 0 Å². The quantitative estimate of drug-likeness (QED) is 0.798. The van der Waals surface area contributed by atoms with E-state index in [9.17, 15) is 17.6 Å². The van der Waals surface area contributed by atoms with Gasteiger partial charge >= 0.3 is 0 Å². The van der Waals surface area contributed by atoms with E-state index in [4.69, 9.17) is 0 Å². The molecular weight excluding hydrogens is 299 g/mol. The van der Waals surface area contributed by atoms with Crippen molar-refractivity contribution in [3.05, 3.63) is 36.0 Å². The monoisotopic (exact) mass is 312 g/mol. The first-order valence-corrected chi connectivity index (χ1v) is 7.38. The van der Waals surface area contributed by atoms with Gasteiger partial charge in [-0.1, -0.05) is 0 Å². The number of benzene rings is 1. The van der Waals surface area contributed by atoms with Crippen molar-refractivity contribution in [1.82, 2.24) is 9.97 Å². The van der Waals surface area contributed by atoms with Gasteiger partial charge in [-0.15, -0.1) is 0 Å². The lowest BCUT2D eigenvalue weighted by atomic mass is 10.2. The normalized spacial score (nSPS) is 11.2. The van der Waals surface area contributed by atoms with E-state index in [1.165, 1.54) is 25.3 Å². The van der Waals surface area contributed by atoms with Crippen LogP contribution in [0.2, 0.25) is 0 Å². The number of hydrogen-bond acceptors (Lipinski definition) is 4. The van der Waals surface area contributed by atoms with Gasteiger partial charge in [0.2, 0.25) is 5.91 Å². The van der Waals surface area contributed by atoms with Gasteiger partial charge in [0.25, 0.3) is 10.0 Å². The van der Waals surface area contributed by atoms with Crippen molar-refractivity contribution in [2.75, 3.05) is 10.0 Å². The molecule has 0 fully saturated rings. The van der Waals surface area contributed by atoms with Crippen molar-refractivity contribution in [3.63, 3.8) is 0 Å². The van der Waals surface area contributed by atoms with Crippen LogP contribution in [0, 0.1) is 12.7 Å². The number of halogens is 1. The lowest BCUT2D eigenvalue weighted by Crippen LogP contribution is -2.14. The fraction of sp³-hybridized carbons (Fsp3) is 0.167. The Kier molecular flexibility index (Phi) is 3.94. The standard InChI is InChI=1S/C12H13FN4O3S/c1-7-14-6-12(15-7)21(19,20)17-9-3-4-10(13)11(5-9)16-8(2)18/h3-6,17H,1-2H3,(H,14,15)(H,16,18). The molecule has 112 valence electrons. The molecule has 1 amide bonds. The molecule has 0 saturated heterocycles. The van der Waals surface area contributed by atoms with Gasteiger partial charge in [0.15, 0.2) is 5.03 Å². The van der Waals surface area contributed by atoms with Crippen molar-refractivity contribution < 1.29 is 17.6 Å². The van der Waals surface area contributed by atoms with Crippen molar-refractivity contribution in [1.29, 1.82) is 0 Å². The second-order valence-corrected chi connectivity index (χ2v) is 5.96. The summed E-state index contributed by atoms with van der Waals surface area (Å²) in [5.41, 5.74) is 0.0101. The van der Waals surface area contributed by atoms with Gasteiger partial charge in [-0.3, -0.25) is 9.52 Å². The van der Waals surface area contributed by atoms with Crippen LogP contribution in [-0.2, 0) is 14.8 Å². The molecule has 7 nitrogen and oxygen atoms in total. The maximum atomic E-state index is 13.5. The predicted molar refractivity (Wildman–Crippen MR) is 74.8 cm³/mol. The van der Waals surface area contributed by atoms with Gasteiger partial charge in [0, 0.05) is 6.92 Å². The minimum atomic E-state index is -3.85. The summed E-state index contributed by atoms with van der Waals surface area (Å²) in [6.45, 7) is 2.84. The lowest BCUT2D eigenvalue weighted by molar-refractivity contribution is -0.114. The molecule has 2 rings (SSSR count). The van der Waals surface area contributed by atoms with Gasteiger partial charge in [0.05, 0.1) is 17.6 Å². The van der Waals surface area contributed by atoms with Crippen molar-refractivity contribution in [3.8, 4) is 0 Å². The number of nitrogens with zero attached hydrogens (tertiary/aromatic N) is 1. The van der Waals surface area contributed by atoms with Crippen LogP contribution in [0.1, 0.15) is 12.7 Å². The fourth-order valence-corrected chi connectivity index (χ4v) is 2.64. The Morgan fingerprint density at radius 1 is 1.38 bits per heavy atom. The molecule has 0 unspecified atom stereocenters. The highest BCUT2D eigenvalue weighted by Gasteiger charge is 2.17. The number of sulfonamides is 1. The van der Waals surface area contributed by atoms with E-state index >= 15 is 0 Å². The summed E-state index contributed by atoms with van der Waals surface area (Å²) < 4.78 is 39.9. The number of anilines is 2. The molecule has 1 aromatic heterocycles. The van der Waals surface area contributed by atoms with E-state index in [0.717, 1.165) is 6.07 Å². The van der Waals surface area contributed by atoms with Crippen LogP contribution < -0.4 is 10.0 Å². The molecule has 21 heavy (non-hydrogen) atoms. The smallest absolute Gasteiger partial charge is 0.278 e. The maximum Gasteiger partial charge on any atom is 0.278 e. The van der Waals surface area contributed by atoms with Crippen LogP contribution >= 0.6 is 0 Å².